The van der Waals surface area contributed by atoms with Crippen LogP contribution in [0.25, 0.3) is 11.0 Å². The van der Waals surface area contributed by atoms with Crippen LogP contribution in [0.15, 0.2) is 22.8 Å². The van der Waals surface area contributed by atoms with Crippen molar-refractivity contribution in [2.45, 2.75) is 33.4 Å². The van der Waals surface area contributed by atoms with Gasteiger partial charge in [0, 0.05) is 52.7 Å². The molecule has 3 aromatic heterocycles. The number of aromatic nitrogens is 3. The third-order valence-electron chi connectivity index (χ3n) is 4.23. The highest BCUT2D eigenvalue weighted by atomic mass is 79.9. The normalized spacial score (nSPS) is 15.1. The number of fused-ring (bicyclic) bond motifs is 2. The zero-order chi connectivity index (χ0) is 16.0. The Balaban J connectivity index is 1.62. The molecule has 0 bridgehead atoms. The quantitative estimate of drug-likeness (QED) is 0.664. The molecule has 3 aromatic rings. The molecule has 0 atom stereocenters. The Labute approximate surface area is 147 Å². The fourth-order valence-corrected chi connectivity index (χ4v) is 4.44. The molecule has 1 aliphatic heterocycles. The summed E-state index contributed by atoms with van der Waals surface area (Å²) < 4.78 is 0.996. The molecule has 0 aliphatic carbocycles. The van der Waals surface area contributed by atoms with Gasteiger partial charge in [0.1, 0.15) is 0 Å². The van der Waals surface area contributed by atoms with Crippen molar-refractivity contribution in [3.8, 4) is 0 Å². The highest BCUT2D eigenvalue weighted by Gasteiger charge is 2.20. The first-order valence-corrected chi connectivity index (χ1v) is 9.29. The topological polar surface area (TPSA) is 41.9 Å². The number of halogens is 1. The van der Waals surface area contributed by atoms with Gasteiger partial charge in [0.2, 0.25) is 0 Å². The molecule has 23 heavy (non-hydrogen) atoms. The minimum Gasteiger partial charge on any atom is -0.293 e. The van der Waals surface area contributed by atoms with E-state index in [0.29, 0.717) is 0 Å². The van der Waals surface area contributed by atoms with Crippen LogP contribution in [0.1, 0.15) is 26.8 Å². The van der Waals surface area contributed by atoms with Gasteiger partial charge in [-0.3, -0.25) is 4.90 Å². The molecule has 0 unspecified atom stereocenters. The maximum Gasteiger partial charge on any atom is 0.159 e. The molecule has 1 aliphatic rings. The molecular formula is C17H17BrN4S. The van der Waals surface area contributed by atoms with E-state index in [-0.39, 0.29) is 0 Å². The summed E-state index contributed by atoms with van der Waals surface area (Å²) in [4.78, 5) is 17.6. The van der Waals surface area contributed by atoms with Crippen LogP contribution in [0.4, 0.5) is 0 Å². The maximum atomic E-state index is 4.75. The van der Waals surface area contributed by atoms with Gasteiger partial charge in [-0.25, -0.2) is 15.0 Å². The Kier molecular flexibility index (Phi) is 3.91. The van der Waals surface area contributed by atoms with Gasteiger partial charge in [-0.2, -0.15) is 0 Å². The van der Waals surface area contributed by atoms with Gasteiger partial charge in [0.25, 0.3) is 0 Å². The Morgan fingerprint density at radius 1 is 1.26 bits per heavy atom. The number of rotatable bonds is 2. The summed E-state index contributed by atoms with van der Waals surface area (Å²) in [7, 11) is 0. The summed E-state index contributed by atoms with van der Waals surface area (Å²) in [5.41, 5.74) is 4.53. The van der Waals surface area contributed by atoms with Crippen LogP contribution in [0.3, 0.4) is 0 Å². The number of hydrogen-bond acceptors (Lipinski definition) is 5. The van der Waals surface area contributed by atoms with Gasteiger partial charge in [-0.05, 0) is 47.5 Å². The van der Waals surface area contributed by atoms with Crippen molar-refractivity contribution in [3.63, 3.8) is 0 Å². The van der Waals surface area contributed by atoms with E-state index in [1.54, 1.807) is 0 Å². The fraction of sp³-hybridized carbons (Fsp3) is 0.353. The Morgan fingerprint density at radius 3 is 2.91 bits per heavy atom. The van der Waals surface area contributed by atoms with Crippen molar-refractivity contribution in [3.05, 3.63) is 49.6 Å². The zero-order valence-electron chi connectivity index (χ0n) is 13.1. The lowest BCUT2D eigenvalue weighted by Gasteiger charge is -2.28. The number of thiazole rings is 1. The smallest absolute Gasteiger partial charge is 0.159 e. The molecule has 0 saturated carbocycles. The Hall–Kier alpha value is -1.37. The van der Waals surface area contributed by atoms with E-state index in [4.69, 9.17) is 4.98 Å². The van der Waals surface area contributed by atoms with E-state index in [1.807, 2.05) is 17.5 Å². The zero-order valence-corrected chi connectivity index (χ0v) is 15.5. The second kappa shape index (κ2) is 5.92. The summed E-state index contributed by atoms with van der Waals surface area (Å²) in [5.74, 6) is 0. The first kappa shape index (κ1) is 15.2. The molecule has 4 rings (SSSR count). The van der Waals surface area contributed by atoms with E-state index in [9.17, 15) is 0 Å². The second-order valence-corrected chi connectivity index (χ2v) is 8.20. The van der Waals surface area contributed by atoms with Crippen LogP contribution in [0.5, 0.6) is 0 Å². The molecule has 6 heteroatoms. The number of nitrogens with zero attached hydrogens (tertiary/aromatic N) is 4. The minimum absolute atomic E-state index is 0.842. The van der Waals surface area contributed by atoms with Crippen molar-refractivity contribution in [1.29, 1.82) is 0 Å². The summed E-state index contributed by atoms with van der Waals surface area (Å²) in [5, 5.41) is 2.25. The van der Waals surface area contributed by atoms with Crippen molar-refractivity contribution >= 4 is 38.3 Å². The highest BCUT2D eigenvalue weighted by molar-refractivity contribution is 9.10. The monoisotopic (exact) mass is 388 g/mol. The second-order valence-electron chi connectivity index (χ2n) is 6.00. The largest absolute Gasteiger partial charge is 0.293 e. The van der Waals surface area contributed by atoms with Gasteiger partial charge in [0.05, 0.1) is 10.7 Å². The van der Waals surface area contributed by atoms with E-state index in [1.165, 1.54) is 21.8 Å². The molecule has 0 aromatic carbocycles. The summed E-state index contributed by atoms with van der Waals surface area (Å²) >= 11 is 5.30. The van der Waals surface area contributed by atoms with E-state index < -0.39 is 0 Å². The molecule has 0 N–H and O–H groups in total. The molecule has 4 heterocycles. The summed E-state index contributed by atoms with van der Waals surface area (Å²) in [6.45, 7) is 7.15. The van der Waals surface area contributed by atoms with Crippen molar-refractivity contribution in [2.24, 2.45) is 0 Å². The van der Waals surface area contributed by atoms with Crippen LogP contribution >= 0.6 is 27.3 Å². The molecule has 0 amide bonds. The van der Waals surface area contributed by atoms with Crippen LogP contribution in [-0.4, -0.2) is 26.4 Å². The third-order valence-corrected chi connectivity index (χ3v) is 5.72. The first-order valence-electron chi connectivity index (χ1n) is 7.68. The minimum atomic E-state index is 0.842. The van der Waals surface area contributed by atoms with Gasteiger partial charge in [-0.1, -0.05) is 0 Å². The van der Waals surface area contributed by atoms with E-state index >= 15 is 0 Å². The molecular weight excluding hydrogens is 372 g/mol. The van der Waals surface area contributed by atoms with Crippen molar-refractivity contribution in [2.75, 3.05) is 6.54 Å². The van der Waals surface area contributed by atoms with Gasteiger partial charge in [0.15, 0.2) is 5.65 Å². The number of pyridine rings is 2. The van der Waals surface area contributed by atoms with Crippen molar-refractivity contribution in [1.82, 2.24) is 19.9 Å². The predicted molar refractivity (Wildman–Crippen MR) is 96.6 cm³/mol. The maximum absolute atomic E-state index is 4.75. The lowest BCUT2D eigenvalue weighted by atomic mass is 10.0. The van der Waals surface area contributed by atoms with Gasteiger partial charge in [-0.15, -0.1) is 11.3 Å². The van der Waals surface area contributed by atoms with E-state index in [2.05, 4.69) is 56.8 Å². The third kappa shape index (κ3) is 3.03. The molecule has 0 fully saturated rings. The average molecular weight is 389 g/mol. The fourth-order valence-electron chi connectivity index (χ4n) is 3.11. The molecule has 0 saturated heterocycles. The first-order chi connectivity index (χ1) is 11.1. The molecule has 118 valence electrons. The molecule has 0 radical (unpaired) electrons. The van der Waals surface area contributed by atoms with Gasteiger partial charge < -0.3 is 0 Å². The molecule has 4 nitrogen and oxygen atoms in total. The average Bonchev–Trinajstić information content (AvgIpc) is 2.83. The lowest BCUT2D eigenvalue weighted by molar-refractivity contribution is 0.245. The van der Waals surface area contributed by atoms with Crippen LogP contribution < -0.4 is 0 Å². The van der Waals surface area contributed by atoms with Crippen LogP contribution in [0.2, 0.25) is 0 Å². The summed E-state index contributed by atoms with van der Waals surface area (Å²) in [6.07, 6.45) is 2.80. The summed E-state index contributed by atoms with van der Waals surface area (Å²) in [6, 6.07) is 4.33. The lowest BCUT2D eigenvalue weighted by Crippen LogP contribution is -2.30. The highest BCUT2D eigenvalue weighted by Crippen LogP contribution is 2.26. The van der Waals surface area contributed by atoms with E-state index in [0.717, 1.165) is 46.6 Å². The Morgan fingerprint density at radius 2 is 2.13 bits per heavy atom. The molecule has 0 spiro atoms. The van der Waals surface area contributed by atoms with Gasteiger partial charge >= 0.3 is 0 Å². The Bertz CT molecular complexity index is 890. The van der Waals surface area contributed by atoms with Crippen LogP contribution in [-0.2, 0) is 19.5 Å². The number of hydrogen-bond donors (Lipinski definition) is 0. The standard InChI is InChI=1S/C17H17BrN4S/c1-10-16(23-11(2)20-10)9-22-4-3-15-13(8-22)5-12-6-14(18)7-19-17(12)21-15/h5-7H,3-4,8-9H2,1-2H3. The van der Waals surface area contributed by atoms with Crippen molar-refractivity contribution < 1.29 is 0 Å². The number of aryl methyl sites for hydroxylation is 2. The predicted octanol–water partition coefficient (Wildman–Crippen LogP) is 4.02. The van der Waals surface area contributed by atoms with Crippen LogP contribution in [0, 0.1) is 13.8 Å². The SMILES string of the molecule is Cc1nc(C)c(CN2CCc3nc4ncc(Br)cc4cc3C2)s1.